The van der Waals surface area contributed by atoms with E-state index in [4.69, 9.17) is 9.94 Å². The highest BCUT2D eigenvalue weighted by molar-refractivity contribution is 5.85. The molecule has 0 aromatic heterocycles. The Hall–Kier alpha value is -0.610. The molecule has 1 aromatic rings. The number of hydroxylamine groups is 2. The summed E-state index contributed by atoms with van der Waals surface area (Å²) in [5.74, 6) is 0. The van der Waals surface area contributed by atoms with Crippen LogP contribution in [0.1, 0.15) is 19.4 Å². The van der Waals surface area contributed by atoms with Gasteiger partial charge in [-0.3, -0.25) is 4.84 Å². The fraction of sp³-hybridized carbons (Fsp3) is 0.500. The number of rotatable bonds is 6. The van der Waals surface area contributed by atoms with Crippen LogP contribution in [0.5, 0.6) is 0 Å². The minimum Gasteiger partial charge on any atom is -0.369 e. The summed E-state index contributed by atoms with van der Waals surface area (Å²) in [7, 11) is 0. The Morgan fingerprint density at radius 2 is 1.88 bits per heavy atom. The number of hydrogen-bond donors (Lipinski definition) is 1. The van der Waals surface area contributed by atoms with Crippen LogP contribution in [-0.2, 0) is 11.3 Å². The number of aliphatic hydroxyl groups is 1. The van der Waals surface area contributed by atoms with E-state index in [1.54, 1.807) is 5.06 Å². The van der Waals surface area contributed by atoms with E-state index in [1.165, 1.54) is 5.56 Å². The third kappa shape index (κ3) is 5.47. The third-order valence-electron chi connectivity index (χ3n) is 2.26. The second-order valence-electron chi connectivity index (χ2n) is 3.73. The maximum Gasteiger partial charge on any atom is 0.164 e. The van der Waals surface area contributed by atoms with Gasteiger partial charge < -0.3 is 5.11 Å². The van der Waals surface area contributed by atoms with Crippen molar-refractivity contribution in [2.24, 2.45) is 0 Å². The number of hydrogen-bond acceptors (Lipinski definition) is 3. The molecule has 0 saturated carbocycles. The Labute approximate surface area is 103 Å². The molecule has 0 atom stereocenters. The zero-order chi connectivity index (χ0) is 11.1. The van der Waals surface area contributed by atoms with Crippen molar-refractivity contribution in [1.82, 2.24) is 5.06 Å². The Kier molecular flexibility index (Phi) is 8.21. The molecule has 1 aromatic carbocycles. The zero-order valence-corrected chi connectivity index (χ0v) is 10.6. The lowest BCUT2D eigenvalue weighted by molar-refractivity contribution is -0.224. The van der Waals surface area contributed by atoms with Crippen molar-refractivity contribution in [1.29, 1.82) is 0 Å². The summed E-state index contributed by atoms with van der Waals surface area (Å²) in [6.45, 7) is 4.62. The average molecular weight is 246 g/mol. The molecule has 0 bridgehead atoms. The predicted molar refractivity (Wildman–Crippen MR) is 67.4 cm³/mol. The van der Waals surface area contributed by atoms with E-state index < -0.39 is 0 Å². The fourth-order valence-corrected chi connectivity index (χ4v) is 1.43. The van der Waals surface area contributed by atoms with Crippen molar-refractivity contribution in [3.05, 3.63) is 35.9 Å². The molecule has 16 heavy (non-hydrogen) atoms. The Bertz CT molecular complexity index is 267. The molecule has 0 fully saturated rings. The van der Waals surface area contributed by atoms with E-state index in [0.29, 0.717) is 0 Å². The average Bonchev–Trinajstić information content (AvgIpc) is 2.25. The van der Waals surface area contributed by atoms with Crippen molar-refractivity contribution in [2.45, 2.75) is 26.3 Å². The SMILES string of the molecule is CC(C)N(CCc1ccccc1)OCO.Cl. The van der Waals surface area contributed by atoms with Gasteiger partial charge in [-0.25, -0.2) is 0 Å². The molecule has 1 N–H and O–H groups in total. The van der Waals surface area contributed by atoms with Crippen LogP contribution in [-0.4, -0.2) is 29.5 Å². The summed E-state index contributed by atoms with van der Waals surface area (Å²) in [5.41, 5.74) is 1.28. The minimum absolute atomic E-state index is 0. The van der Waals surface area contributed by atoms with Crippen LogP contribution in [0.3, 0.4) is 0 Å². The summed E-state index contributed by atoms with van der Waals surface area (Å²) in [4.78, 5) is 5.11. The molecular weight excluding hydrogens is 226 g/mol. The molecule has 0 radical (unpaired) electrons. The number of benzene rings is 1. The third-order valence-corrected chi connectivity index (χ3v) is 2.26. The van der Waals surface area contributed by atoms with E-state index in [1.807, 2.05) is 32.0 Å². The molecule has 0 unspecified atom stereocenters. The van der Waals surface area contributed by atoms with Gasteiger partial charge in [-0.05, 0) is 25.8 Å². The lowest BCUT2D eigenvalue weighted by Crippen LogP contribution is -2.33. The maximum atomic E-state index is 8.72. The zero-order valence-electron chi connectivity index (χ0n) is 9.80. The Morgan fingerprint density at radius 1 is 1.25 bits per heavy atom. The van der Waals surface area contributed by atoms with E-state index in [2.05, 4.69) is 12.1 Å². The fourth-order valence-electron chi connectivity index (χ4n) is 1.43. The van der Waals surface area contributed by atoms with E-state index >= 15 is 0 Å². The number of nitrogens with zero attached hydrogens (tertiary/aromatic N) is 1. The summed E-state index contributed by atoms with van der Waals surface area (Å²) in [6.07, 6.45) is 0.930. The molecule has 0 heterocycles. The molecule has 4 heteroatoms. The summed E-state index contributed by atoms with van der Waals surface area (Å²) in [6, 6.07) is 10.5. The van der Waals surface area contributed by atoms with Gasteiger partial charge in [0, 0.05) is 12.6 Å². The largest absolute Gasteiger partial charge is 0.369 e. The number of aliphatic hydroxyl groups excluding tert-OH is 1. The van der Waals surface area contributed by atoms with Crippen molar-refractivity contribution in [3.63, 3.8) is 0 Å². The first-order valence-corrected chi connectivity index (χ1v) is 5.28. The monoisotopic (exact) mass is 245 g/mol. The lowest BCUT2D eigenvalue weighted by Gasteiger charge is -2.24. The highest BCUT2D eigenvalue weighted by atomic mass is 35.5. The second-order valence-corrected chi connectivity index (χ2v) is 3.73. The summed E-state index contributed by atoms with van der Waals surface area (Å²) < 4.78 is 0. The van der Waals surface area contributed by atoms with E-state index in [0.717, 1.165) is 13.0 Å². The molecule has 0 saturated heterocycles. The Balaban J connectivity index is 0.00000225. The summed E-state index contributed by atoms with van der Waals surface area (Å²) >= 11 is 0. The second kappa shape index (κ2) is 8.53. The van der Waals surface area contributed by atoms with Crippen LogP contribution in [0.2, 0.25) is 0 Å². The first kappa shape index (κ1) is 15.4. The first-order chi connectivity index (χ1) is 7.24. The van der Waals surface area contributed by atoms with Crippen LogP contribution in [0.15, 0.2) is 30.3 Å². The van der Waals surface area contributed by atoms with Crippen molar-refractivity contribution in [3.8, 4) is 0 Å². The molecule has 1 rings (SSSR count). The number of halogens is 1. The maximum absolute atomic E-state index is 8.72. The van der Waals surface area contributed by atoms with Crippen LogP contribution < -0.4 is 0 Å². The van der Waals surface area contributed by atoms with Crippen LogP contribution >= 0.6 is 12.4 Å². The van der Waals surface area contributed by atoms with Crippen LogP contribution in [0, 0.1) is 0 Å². The molecule has 3 nitrogen and oxygen atoms in total. The molecule has 92 valence electrons. The molecule has 0 aliphatic heterocycles. The van der Waals surface area contributed by atoms with Gasteiger partial charge >= 0.3 is 0 Å². The van der Waals surface area contributed by atoms with Gasteiger partial charge in [-0.15, -0.1) is 12.4 Å². The predicted octanol–water partition coefficient (Wildman–Crippen LogP) is 2.24. The molecule has 0 amide bonds. The van der Waals surface area contributed by atoms with Gasteiger partial charge in [0.1, 0.15) is 0 Å². The quantitative estimate of drug-likeness (QED) is 0.616. The lowest BCUT2D eigenvalue weighted by atomic mass is 10.1. The van der Waals surface area contributed by atoms with Crippen LogP contribution in [0.25, 0.3) is 0 Å². The van der Waals surface area contributed by atoms with E-state index in [-0.39, 0.29) is 25.2 Å². The van der Waals surface area contributed by atoms with Gasteiger partial charge in [-0.1, -0.05) is 30.3 Å². The van der Waals surface area contributed by atoms with Crippen LogP contribution in [0.4, 0.5) is 0 Å². The van der Waals surface area contributed by atoms with Gasteiger partial charge in [0.15, 0.2) is 6.79 Å². The standard InChI is InChI=1S/C12H19NO2.ClH/c1-11(2)13(15-10-14)9-8-12-6-4-3-5-7-12;/h3-7,11,14H,8-10H2,1-2H3;1H. The first-order valence-electron chi connectivity index (χ1n) is 5.28. The highest BCUT2D eigenvalue weighted by Gasteiger charge is 2.09. The van der Waals surface area contributed by atoms with E-state index in [9.17, 15) is 0 Å². The molecule has 0 aliphatic carbocycles. The molecular formula is C12H20ClNO2. The van der Waals surface area contributed by atoms with Crippen molar-refractivity contribution >= 4 is 12.4 Å². The van der Waals surface area contributed by atoms with Gasteiger partial charge in [-0.2, -0.15) is 5.06 Å². The topological polar surface area (TPSA) is 32.7 Å². The minimum atomic E-state index is -0.257. The molecule has 0 aliphatic rings. The normalized spacial score (nSPS) is 10.6. The van der Waals surface area contributed by atoms with Gasteiger partial charge in [0.05, 0.1) is 0 Å². The van der Waals surface area contributed by atoms with Crippen molar-refractivity contribution in [2.75, 3.05) is 13.3 Å². The highest BCUT2D eigenvalue weighted by Crippen LogP contribution is 2.04. The molecule has 0 spiro atoms. The van der Waals surface area contributed by atoms with Gasteiger partial charge in [0.2, 0.25) is 0 Å². The van der Waals surface area contributed by atoms with Gasteiger partial charge in [0.25, 0.3) is 0 Å². The van der Waals surface area contributed by atoms with Crippen molar-refractivity contribution < 1.29 is 9.94 Å². The smallest absolute Gasteiger partial charge is 0.164 e. The Morgan fingerprint density at radius 3 is 2.38 bits per heavy atom. The summed E-state index contributed by atoms with van der Waals surface area (Å²) in [5, 5.41) is 10.5.